The second-order valence-electron chi connectivity index (χ2n) is 22.9. The van der Waals surface area contributed by atoms with E-state index in [1.165, 1.54) is 189 Å². The van der Waals surface area contributed by atoms with Crippen LogP contribution in [0.3, 0.4) is 0 Å². The lowest BCUT2D eigenvalue weighted by Crippen LogP contribution is -1.90. The molecule has 0 fully saturated rings. The summed E-state index contributed by atoms with van der Waals surface area (Å²) >= 11 is 0. The van der Waals surface area contributed by atoms with Crippen LogP contribution in [0, 0.1) is 0 Å². The fourth-order valence-corrected chi connectivity index (χ4v) is 14.9. The zero-order valence-electron chi connectivity index (χ0n) is 45.9. The van der Waals surface area contributed by atoms with Gasteiger partial charge in [-0.15, -0.1) is 0 Å². The van der Waals surface area contributed by atoms with Crippen molar-refractivity contribution < 1.29 is 0 Å². The summed E-state index contributed by atoms with van der Waals surface area (Å²) in [4.78, 5) is 0. The van der Waals surface area contributed by atoms with Crippen molar-refractivity contribution in [1.29, 1.82) is 0 Å². The Hall–Kier alpha value is -10.9. The molecule has 8 aliphatic carbocycles. The van der Waals surface area contributed by atoms with E-state index in [1.807, 2.05) is 0 Å². The van der Waals surface area contributed by atoms with E-state index in [0.717, 1.165) is 0 Å². The number of benzene rings is 10. The Kier molecular flexibility index (Phi) is 10.2. The Bertz CT molecular complexity index is 4730. The van der Waals surface area contributed by atoms with E-state index in [2.05, 4.69) is 303 Å². The standard InChI is InChI=1S/C84H50/c1-3-23-51(24-4-1)69-43-71(55-29-9-7-27-53(55)69)73-45-75(59-33-13-11-31-57(59)73)77-47-79(63-37-17-15-35-61(63)77)81-49-83(67-41-21-19-39-65(67)81)84-50-82(66-40-20-22-42-68(66)84)80-48-78(62-36-16-18-38-64(62)80)76-46-74(58-32-12-14-34-60(58)76)72-44-70(52-25-5-2-6-26-52)54-28-8-10-30-56(54)72/h1-50H/b73-71+,74-72+,81-79+,82-80+. The van der Waals surface area contributed by atoms with Gasteiger partial charge in [0, 0.05) is 0 Å². The Balaban J connectivity index is 0.789. The summed E-state index contributed by atoms with van der Waals surface area (Å²) in [5.41, 5.74) is 43.1. The summed E-state index contributed by atoms with van der Waals surface area (Å²) in [5, 5.41) is 0. The molecule has 0 radical (unpaired) electrons. The molecular formula is C84H50. The predicted molar refractivity (Wildman–Crippen MR) is 354 cm³/mol. The number of hydrogen-bond donors (Lipinski definition) is 0. The van der Waals surface area contributed by atoms with Crippen LogP contribution in [0.25, 0.3) is 89.2 Å². The van der Waals surface area contributed by atoms with Gasteiger partial charge in [-0.3, -0.25) is 0 Å². The molecule has 0 saturated heterocycles. The van der Waals surface area contributed by atoms with Gasteiger partial charge < -0.3 is 0 Å². The zero-order chi connectivity index (χ0) is 55.0. The third-order valence-corrected chi connectivity index (χ3v) is 18.6. The van der Waals surface area contributed by atoms with Crippen molar-refractivity contribution >= 4 is 89.2 Å². The molecule has 0 unspecified atom stereocenters. The van der Waals surface area contributed by atoms with Crippen LogP contribution in [0.4, 0.5) is 0 Å². The van der Waals surface area contributed by atoms with Crippen molar-refractivity contribution in [1.82, 2.24) is 0 Å². The van der Waals surface area contributed by atoms with Gasteiger partial charge in [-0.1, -0.05) is 255 Å². The largest absolute Gasteiger partial charge is 0.0622 e. The van der Waals surface area contributed by atoms with Gasteiger partial charge in [0.1, 0.15) is 0 Å². The monoisotopic (exact) mass is 1060 g/mol. The molecule has 0 aromatic heterocycles. The van der Waals surface area contributed by atoms with E-state index in [0.29, 0.717) is 0 Å². The minimum Gasteiger partial charge on any atom is -0.0622 e. The molecule has 0 heterocycles. The van der Waals surface area contributed by atoms with Gasteiger partial charge in [0.05, 0.1) is 0 Å². The maximum atomic E-state index is 2.50. The van der Waals surface area contributed by atoms with Gasteiger partial charge in [0.15, 0.2) is 0 Å². The van der Waals surface area contributed by atoms with E-state index in [9.17, 15) is 0 Å². The summed E-state index contributed by atoms with van der Waals surface area (Å²) in [7, 11) is 0. The quantitative estimate of drug-likeness (QED) is 0.161. The lowest BCUT2D eigenvalue weighted by Gasteiger charge is -2.10. The lowest BCUT2D eigenvalue weighted by molar-refractivity contribution is 1.55. The van der Waals surface area contributed by atoms with Crippen LogP contribution >= 0.6 is 0 Å². The molecule has 10 aromatic rings. The Morgan fingerprint density at radius 1 is 0.107 bits per heavy atom. The van der Waals surface area contributed by atoms with Crippen molar-refractivity contribution in [2.75, 3.05) is 0 Å². The van der Waals surface area contributed by atoms with Crippen molar-refractivity contribution in [3.8, 4) is 0 Å². The maximum absolute atomic E-state index is 2.50. The normalized spacial score (nSPS) is 19.7. The van der Waals surface area contributed by atoms with Crippen molar-refractivity contribution in [2.45, 2.75) is 0 Å². The average molecular weight is 1060 g/mol. The first-order valence-electron chi connectivity index (χ1n) is 29.3. The van der Waals surface area contributed by atoms with Gasteiger partial charge in [0.25, 0.3) is 0 Å². The number of hydrogen-bond acceptors (Lipinski definition) is 0. The molecule has 10 aromatic carbocycles. The molecular weight excluding hydrogens is 1010 g/mol. The highest BCUT2D eigenvalue weighted by Crippen LogP contribution is 2.58. The van der Waals surface area contributed by atoms with Crippen LogP contribution < -0.4 is 0 Å². The Morgan fingerprint density at radius 3 is 0.417 bits per heavy atom. The smallest absolute Gasteiger partial charge is 0.00923 e. The van der Waals surface area contributed by atoms with E-state index in [4.69, 9.17) is 0 Å². The molecule has 0 heteroatoms. The second-order valence-corrected chi connectivity index (χ2v) is 22.9. The summed E-state index contributed by atoms with van der Waals surface area (Å²) in [6.45, 7) is 0. The molecule has 386 valence electrons. The van der Waals surface area contributed by atoms with E-state index in [1.54, 1.807) is 0 Å². The fraction of sp³-hybridized carbons (Fsp3) is 0. The summed E-state index contributed by atoms with van der Waals surface area (Å²) in [6.07, 6.45) is 19.8. The van der Waals surface area contributed by atoms with Crippen molar-refractivity contribution in [3.63, 3.8) is 0 Å². The number of rotatable bonds is 5. The third kappa shape index (κ3) is 6.89. The first kappa shape index (κ1) is 46.8. The van der Waals surface area contributed by atoms with Crippen LogP contribution in [0.15, 0.2) is 303 Å². The van der Waals surface area contributed by atoms with Gasteiger partial charge in [-0.25, -0.2) is 0 Å². The van der Waals surface area contributed by atoms with Crippen molar-refractivity contribution in [2.24, 2.45) is 0 Å². The predicted octanol–water partition coefficient (Wildman–Crippen LogP) is 20.7. The lowest BCUT2D eigenvalue weighted by atomic mass is 9.93. The van der Waals surface area contributed by atoms with Crippen LogP contribution in [0.1, 0.15) is 100 Å². The average Bonchev–Trinajstić information content (AvgIpc) is 3.01. The molecule has 18 rings (SSSR count). The first-order valence-corrected chi connectivity index (χ1v) is 29.3. The van der Waals surface area contributed by atoms with Gasteiger partial charge in [-0.2, -0.15) is 0 Å². The van der Waals surface area contributed by atoms with Crippen LogP contribution in [-0.2, 0) is 0 Å². The van der Waals surface area contributed by atoms with Gasteiger partial charge in [0.2, 0.25) is 0 Å². The molecule has 0 N–H and O–H groups in total. The second kappa shape index (κ2) is 18.3. The topological polar surface area (TPSA) is 0 Å². The van der Waals surface area contributed by atoms with Crippen LogP contribution in [-0.4, -0.2) is 0 Å². The van der Waals surface area contributed by atoms with Gasteiger partial charge in [-0.05, 0) is 238 Å². The third-order valence-electron chi connectivity index (χ3n) is 18.6. The minimum absolute atomic E-state index is 1.24. The number of allylic oxidation sites excluding steroid dienone is 22. The van der Waals surface area contributed by atoms with Crippen molar-refractivity contribution in [3.05, 3.63) is 404 Å². The molecule has 0 saturated carbocycles. The summed E-state index contributed by atoms with van der Waals surface area (Å²) in [5.74, 6) is 0. The first-order chi connectivity index (χ1) is 41.7. The Morgan fingerprint density at radius 2 is 0.238 bits per heavy atom. The summed E-state index contributed by atoms with van der Waals surface area (Å²) in [6, 6.07) is 93.8. The summed E-state index contributed by atoms with van der Waals surface area (Å²) < 4.78 is 0. The number of fused-ring (bicyclic) bond motifs is 8. The molecule has 84 heavy (non-hydrogen) atoms. The highest BCUT2D eigenvalue weighted by Gasteiger charge is 2.36. The van der Waals surface area contributed by atoms with Gasteiger partial charge >= 0.3 is 0 Å². The van der Waals surface area contributed by atoms with Crippen LogP contribution in [0.5, 0.6) is 0 Å². The van der Waals surface area contributed by atoms with E-state index < -0.39 is 0 Å². The molecule has 0 atom stereocenters. The molecule has 0 bridgehead atoms. The molecule has 0 aliphatic heterocycles. The fourth-order valence-electron chi connectivity index (χ4n) is 14.9. The molecule has 8 aliphatic rings. The SMILES string of the molecule is C1=C(C2=C/C(=C3/C=C(C4=C/C(=C5/C=C(c6ccccc6)c6ccccc65)c5ccccc54)c4ccccc43)c3ccccc32)c2ccccc2/C1=C1\C=C(C2=C/C(=C3/C=C(c4ccccc4)c4ccccc43)c3ccccc32)c2ccccc21. The van der Waals surface area contributed by atoms with Crippen LogP contribution in [0.2, 0.25) is 0 Å². The Labute approximate surface area is 489 Å². The molecule has 0 spiro atoms. The highest BCUT2D eigenvalue weighted by atomic mass is 14.4. The highest BCUT2D eigenvalue weighted by molar-refractivity contribution is 6.31. The van der Waals surface area contributed by atoms with E-state index >= 15 is 0 Å². The zero-order valence-corrected chi connectivity index (χ0v) is 45.9. The molecule has 0 nitrogen and oxygen atoms in total. The minimum atomic E-state index is 1.24. The van der Waals surface area contributed by atoms with E-state index in [-0.39, 0.29) is 0 Å². The molecule has 0 amide bonds. The maximum Gasteiger partial charge on any atom is -0.00923 e.